The number of benzene rings is 3. The number of imidazole rings is 1. The van der Waals surface area contributed by atoms with Crippen molar-refractivity contribution >= 4 is 17.0 Å². The van der Waals surface area contributed by atoms with Gasteiger partial charge in [-0.3, -0.25) is 4.57 Å². The molecule has 2 saturated heterocycles. The van der Waals surface area contributed by atoms with E-state index < -0.39 is 36.1 Å². The minimum atomic E-state index is -0.971. The van der Waals surface area contributed by atoms with Crippen LogP contribution < -0.4 is 10.1 Å². The van der Waals surface area contributed by atoms with Gasteiger partial charge in [0, 0.05) is 7.11 Å². The van der Waals surface area contributed by atoms with E-state index in [0.29, 0.717) is 17.0 Å². The molecule has 2 fully saturated rings. The van der Waals surface area contributed by atoms with Crippen LogP contribution in [0.2, 0.25) is 0 Å². The van der Waals surface area contributed by atoms with E-state index in [1.807, 2.05) is 55.5 Å². The topological polar surface area (TPSA) is 122 Å². The second-order valence-corrected chi connectivity index (χ2v) is 11.0. The third-order valence-corrected chi connectivity index (χ3v) is 8.53. The Bertz CT molecular complexity index is 1700. The molecule has 0 saturated carbocycles. The number of hydrogen-bond donors (Lipinski definition) is 2. The predicted molar refractivity (Wildman–Crippen MR) is 161 cm³/mol. The van der Waals surface area contributed by atoms with E-state index in [1.54, 1.807) is 18.0 Å². The lowest BCUT2D eigenvalue weighted by Crippen LogP contribution is -2.42. The summed E-state index contributed by atoms with van der Waals surface area (Å²) in [6.07, 6.45) is 1.27. The van der Waals surface area contributed by atoms with E-state index in [1.165, 1.54) is 13.4 Å². The molecule has 4 heterocycles. The lowest BCUT2D eigenvalue weighted by molar-refractivity contribution is -0.269. The largest absolute Gasteiger partial charge is 0.497 e. The van der Waals surface area contributed by atoms with Crippen molar-refractivity contribution in [2.45, 2.75) is 43.0 Å². The molecule has 7 rings (SSSR count). The van der Waals surface area contributed by atoms with E-state index in [2.05, 4.69) is 46.7 Å². The third-order valence-electron chi connectivity index (χ3n) is 8.53. The SMILES string of the molecule is COc1ccc(C(Nc2ncnc3c2ncn3[C@@H]2O[C@H](CO)[C@H]3OC(OC)O[C@]32C)(c2ccccc2)c2ccccc2)cc1. The number of aliphatic hydroxyl groups is 1. The van der Waals surface area contributed by atoms with Gasteiger partial charge in [0.2, 0.25) is 0 Å². The molecule has 11 nitrogen and oxygen atoms in total. The number of anilines is 1. The summed E-state index contributed by atoms with van der Waals surface area (Å²) in [6, 6.07) is 28.4. The van der Waals surface area contributed by atoms with Gasteiger partial charge < -0.3 is 34.1 Å². The highest BCUT2D eigenvalue weighted by Crippen LogP contribution is 2.49. The Morgan fingerprint density at radius 2 is 1.55 bits per heavy atom. The van der Waals surface area contributed by atoms with Crippen molar-refractivity contribution < 1.29 is 28.8 Å². The lowest BCUT2D eigenvalue weighted by Gasteiger charge is -2.37. The maximum atomic E-state index is 10.1. The van der Waals surface area contributed by atoms with Gasteiger partial charge in [0.25, 0.3) is 6.48 Å². The van der Waals surface area contributed by atoms with Gasteiger partial charge >= 0.3 is 0 Å². The number of aromatic nitrogens is 4. The molecule has 1 unspecified atom stereocenters. The zero-order valence-corrected chi connectivity index (χ0v) is 24.5. The van der Waals surface area contributed by atoms with Crippen molar-refractivity contribution in [3.63, 3.8) is 0 Å². The van der Waals surface area contributed by atoms with Crippen molar-refractivity contribution in [2.75, 3.05) is 26.1 Å². The molecule has 3 aromatic carbocycles. The van der Waals surface area contributed by atoms with Crippen LogP contribution in [0.1, 0.15) is 29.8 Å². The standard InChI is InChI=1S/C33H33N5O6/c1-32-27(43-31(41-3)44-32)25(18-39)42-30(32)38-20-36-26-28(34-19-35-29(26)38)37-33(21-10-6-4-7-11-21,22-12-8-5-9-13-22)23-14-16-24(40-2)17-15-23/h4-17,19-20,25,27,30-31,39H,18H2,1-3H3,(H,34,35,37)/t25-,27-,30-,31?,32-/m1/s1. The molecular weight excluding hydrogens is 562 g/mol. The molecule has 0 spiro atoms. The quantitative estimate of drug-likeness (QED) is 0.240. The average Bonchev–Trinajstić information content (AvgIpc) is 3.74. The first kappa shape index (κ1) is 28.4. The number of hydrogen-bond acceptors (Lipinski definition) is 10. The summed E-state index contributed by atoms with van der Waals surface area (Å²) in [4.78, 5) is 14.1. The summed E-state index contributed by atoms with van der Waals surface area (Å²) >= 11 is 0. The Labute approximate surface area is 254 Å². The molecule has 0 bridgehead atoms. The van der Waals surface area contributed by atoms with Crippen LogP contribution in [-0.2, 0) is 24.5 Å². The number of nitrogens with zero attached hydrogens (tertiary/aromatic N) is 4. The van der Waals surface area contributed by atoms with Gasteiger partial charge in [-0.2, -0.15) is 0 Å². The monoisotopic (exact) mass is 595 g/mol. The Morgan fingerprint density at radius 3 is 2.16 bits per heavy atom. The predicted octanol–water partition coefficient (Wildman–Crippen LogP) is 4.23. The first-order valence-corrected chi connectivity index (χ1v) is 14.4. The van der Waals surface area contributed by atoms with E-state index in [9.17, 15) is 5.11 Å². The third kappa shape index (κ3) is 4.44. The van der Waals surface area contributed by atoms with Gasteiger partial charge in [0.05, 0.1) is 20.0 Å². The summed E-state index contributed by atoms with van der Waals surface area (Å²) in [5.74, 6) is 1.28. The number of nitrogens with one attached hydrogen (secondary N) is 1. The maximum absolute atomic E-state index is 10.1. The highest BCUT2D eigenvalue weighted by atomic mass is 16.9. The first-order valence-electron chi connectivity index (χ1n) is 14.4. The summed E-state index contributed by atoms with van der Waals surface area (Å²) < 4.78 is 30.9. The molecular formula is C33H33N5O6. The summed E-state index contributed by atoms with van der Waals surface area (Å²) in [6.45, 7) is 0.751. The van der Waals surface area contributed by atoms with Gasteiger partial charge in [-0.1, -0.05) is 72.8 Å². The van der Waals surface area contributed by atoms with Crippen molar-refractivity contribution in [3.05, 3.63) is 114 Å². The van der Waals surface area contributed by atoms with Crippen LogP contribution in [0, 0.1) is 0 Å². The zero-order chi connectivity index (χ0) is 30.3. The van der Waals surface area contributed by atoms with Crippen LogP contribution in [0.3, 0.4) is 0 Å². The highest BCUT2D eigenvalue weighted by molar-refractivity contribution is 5.84. The Kier molecular flexibility index (Phi) is 7.27. The van der Waals surface area contributed by atoms with E-state index >= 15 is 0 Å². The summed E-state index contributed by atoms with van der Waals surface area (Å²) in [7, 11) is 3.16. The fraction of sp³-hybridized carbons (Fsp3) is 0.303. The zero-order valence-electron chi connectivity index (χ0n) is 24.5. The Hall–Kier alpha value is -4.39. The van der Waals surface area contributed by atoms with Gasteiger partial charge in [-0.05, 0) is 35.7 Å². The van der Waals surface area contributed by atoms with Crippen LogP contribution in [0.25, 0.3) is 11.2 Å². The van der Waals surface area contributed by atoms with Crippen molar-refractivity contribution in [1.82, 2.24) is 19.5 Å². The molecule has 5 aromatic rings. The minimum Gasteiger partial charge on any atom is -0.497 e. The molecule has 226 valence electrons. The molecule has 0 radical (unpaired) electrons. The van der Waals surface area contributed by atoms with E-state index in [0.717, 1.165) is 22.4 Å². The molecule has 0 aliphatic carbocycles. The van der Waals surface area contributed by atoms with Gasteiger partial charge in [-0.15, -0.1) is 0 Å². The fourth-order valence-corrected chi connectivity index (χ4v) is 6.40. The summed E-state index contributed by atoms with van der Waals surface area (Å²) in [5.41, 5.74) is 2.22. The van der Waals surface area contributed by atoms with Crippen LogP contribution >= 0.6 is 0 Å². The van der Waals surface area contributed by atoms with Crippen molar-refractivity contribution in [3.8, 4) is 5.75 Å². The van der Waals surface area contributed by atoms with Crippen LogP contribution in [-0.4, -0.2) is 69.7 Å². The molecule has 2 aliphatic heterocycles. The fourth-order valence-electron chi connectivity index (χ4n) is 6.40. The smallest absolute Gasteiger partial charge is 0.272 e. The molecule has 5 atom stereocenters. The minimum absolute atomic E-state index is 0.247. The van der Waals surface area contributed by atoms with Crippen molar-refractivity contribution in [2.24, 2.45) is 0 Å². The molecule has 2 aliphatic rings. The van der Waals surface area contributed by atoms with Crippen LogP contribution in [0.5, 0.6) is 5.75 Å². The molecule has 11 heteroatoms. The number of rotatable bonds is 9. The number of aliphatic hydroxyl groups excluding tert-OH is 1. The Balaban J connectivity index is 1.38. The van der Waals surface area contributed by atoms with Crippen LogP contribution in [0.15, 0.2) is 97.6 Å². The van der Waals surface area contributed by atoms with Crippen LogP contribution in [0.4, 0.5) is 5.82 Å². The van der Waals surface area contributed by atoms with Gasteiger partial charge in [-0.25, -0.2) is 15.0 Å². The average molecular weight is 596 g/mol. The van der Waals surface area contributed by atoms with Crippen molar-refractivity contribution in [1.29, 1.82) is 0 Å². The number of ether oxygens (including phenoxy) is 5. The second kappa shape index (κ2) is 11.3. The van der Waals surface area contributed by atoms with E-state index in [-0.39, 0.29) is 6.61 Å². The second-order valence-electron chi connectivity index (χ2n) is 11.0. The van der Waals surface area contributed by atoms with E-state index in [4.69, 9.17) is 33.7 Å². The molecule has 0 amide bonds. The van der Waals surface area contributed by atoms with Gasteiger partial charge in [0.1, 0.15) is 35.4 Å². The first-order chi connectivity index (χ1) is 21.5. The normalized spacial score (nSPS) is 24.8. The highest BCUT2D eigenvalue weighted by Gasteiger charge is 2.62. The Morgan fingerprint density at radius 1 is 0.886 bits per heavy atom. The molecule has 2 N–H and O–H groups in total. The summed E-state index contributed by atoms with van der Waals surface area (Å²) in [5, 5.41) is 13.9. The lowest BCUT2D eigenvalue weighted by atomic mass is 9.77. The van der Waals surface area contributed by atoms with Gasteiger partial charge in [0.15, 0.2) is 23.2 Å². The molecule has 44 heavy (non-hydrogen) atoms. The molecule has 2 aromatic heterocycles. The maximum Gasteiger partial charge on any atom is 0.272 e. The number of methoxy groups -OCH3 is 2. The number of fused-ring (bicyclic) bond motifs is 2.